The molecule has 1 aliphatic heterocycles. The Morgan fingerprint density at radius 1 is 0.931 bits per heavy atom. The molecule has 3 atom stereocenters. The fourth-order valence-electron chi connectivity index (χ4n) is 4.06. The number of aryl methyl sites for hydroxylation is 1. The van der Waals surface area contributed by atoms with Crippen LogP contribution in [0.15, 0.2) is 84.9 Å². The van der Waals surface area contributed by atoms with E-state index in [1.807, 2.05) is 84.9 Å². The van der Waals surface area contributed by atoms with E-state index in [1.54, 1.807) is 12.0 Å². The van der Waals surface area contributed by atoms with E-state index in [1.165, 1.54) is 5.56 Å². The zero-order valence-corrected chi connectivity index (χ0v) is 16.4. The Kier molecular flexibility index (Phi) is 5.63. The minimum Gasteiger partial charge on any atom is -0.497 e. The Balaban J connectivity index is 1.58. The molecule has 0 spiro atoms. The van der Waals surface area contributed by atoms with Gasteiger partial charge in [-0.1, -0.05) is 60.7 Å². The van der Waals surface area contributed by atoms with E-state index in [4.69, 9.17) is 4.74 Å². The molecule has 29 heavy (non-hydrogen) atoms. The number of amides is 1. The topological polar surface area (TPSA) is 49.8 Å². The Hall–Kier alpha value is -3.11. The number of benzene rings is 3. The Labute approximate surface area is 171 Å². The molecule has 1 fully saturated rings. The van der Waals surface area contributed by atoms with E-state index in [0.717, 1.165) is 23.4 Å². The Bertz CT molecular complexity index is 941. The van der Waals surface area contributed by atoms with Crippen LogP contribution in [-0.4, -0.2) is 24.2 Å². The van der Waals surface area contributed by atoms with Crippen molar-refractivity contribution >= 4 is 11.6 Å². The van der Waals surface area contributed by atoms with Crippen molar-refractivity contribution in [1.82, 2.24) is 0 Å². The van der Waals surface area contributed by atoms with E-state index < -0.39 is 12.0 Å². The van der Waals surface area contributed by atoms with Crippen LogP contribution in [-0.2, 0) is 11.2 Å². The van der Waals surface area contributed by atoms with Gasteiger partial charge in [0.25, 0.3) is 0 Å². The van der Waals surface area contributed by atoms with Crippen LogP contribution in [0.4, 0.5) is 5.69 Å². The molecule has 148 valence electrons. The molecule has 3 aromatic rings. The maximum absolute atomic E-state index is 13.1. The number of nitrogens with zero attached hydrogens (tertiary/aromatic N) is 1. The third-order valence-corrected chi connectivity index (χ3v) is 5.62. The van der Waals surface area contributed by atoms with Crippen molar-refractivity contribution in [2.45, 2.75) is 25.0 Å². The lowest BCUT2D eigenvalue weighted by atomic mass is 9.76. The number of hydrogen-bond donors (Lipinski definition) is 1. The molecule has 1 N–H and O–H groups in total. The normalized spacial score (nSPS) is 19.5. The number of methoxy groups -OCH3 is 1. The van der Waals surface area contributed by atoms with E-state index in [0.29, 0.717) is 6.42 Å². The first-order valence-electron chi connectivity index (χ1n) is 9.93. The Morgan fingerprint density at radius 3 is 2.17 bits per heavy atom. The summed E-state index contributed by atoms with van der Waals surface area (Å²) in [5, 5.41) is 10.9. The maximum Gasteiger partial charge on any atom is 0.235 e. The van der Waals surface area contributed by atoms with Crippen molar-refractivity contribution in [3.8, 4) is 5.75 Å². The van der Waals surface area contributed by atoms with E-state index >= 15 is 0 Å². The number of carbonyl (C=O) groups is 1. The molecule has 1 saturated heterocycles. The fourth-order valence-corrected chi connectivity index (χ4v) is 4.06. The summed E-state index contributed by atoms with van der Waals surface area (Å²) in [6.07, 6.45) is 0.595. The predicted octanol–water partition coefficient (Wildman–Crippen LogP) is 4.39. The van der Waals surface area contributed by atoms with Gasteiger partial charge in [0.2, 0.25) is 5.91 Å². The summed E-state index contributed by atoms with van der Waals surface area (Å²) in [5.41, 5.74) is 3.02. The Morgan fingerprint density at radius 2 is 1.55 bits per heavy atom. The van der Waals surface area contributed by atoms with Crippen LogP contribution in [0.5, 0.6) is 5.75 Å². The highest BCUT2D eigenvalue weighted by molar-refractivity contribution is 6.03. The average Bonchev–Trinajstić information content (AvgIpc) is 2.77. The van der Waals surface area contributed by atoms with Crippen LogP contribution in [0.25, 0.3) is 0 Å². The highest BCUT2D eigenvalue weighted by atomic mass is 16.5. The number of para-hydroxylation sites is 1. The summed E-state index contributed by atoms with van der Waals surface area (Å²) in [7, 11) is 1.63. The molecule has 0 bridgehead atoms. The van der Waals surface area contributed by atoms with Gasteiger partial charge in [-0.25, -0.2) is 0 Å². The lowest BCUT2D eigenvalue weighted by Crippen LogP contribution is -2.59. The third kappa shape index (κ3) is 3.89. The molecule has 1 amide bonds. The quantitative estimate of drug-likeness (QED) is 0.612. The lowest BCUT2D eigenvalue weighted by molar-refractivity contribution is -0.136. The van der Waals surface area contributed by atoms with Gasteiger partial charge in [0.05, 0.1) is 25.2 Å². The van der Waals surface area contributed by atoms with Crippen LogP contribution >= 0.6 is 0 Å². The summed E-state index contributed by atoms with van der Waals surface area (Å²) in [4.78, 5) is 14.9. The fraction of sp³-hybridized carbons (Fsp3) is 0.240. The highest BCUT2D eigenvalue weighted by Gasteiger charge is 2.51. The lowest BCUT2D eigenvalue weighted by Gasteiger charge is -2.49. The maximum atomic E-state index is 13.1. The minimum absolute atomic E-state index is 0.0300. The van der Waals surface area contributed by atoms with Gasteiger partial charge in [-0.2, -0.15) is 0 Å². The molecule has 0 saturated carbocycles. The summed E-state index contributed by atoms with van der Waals surface area (Å²) in [6.45, 7) is 0. The number of hydrogen-bond acceptors (Lipinski definition) is 3. The molecule has 4 rings (SSSR count). The molecule has 4 heteroatoms. The average molecular weight is 387 g/mol. The predicted molar refractivity (Wildman–Crippen MR) is 114 cm³/mol. The molecule has 0 radical (unpaired) electrons. The SMILES string of the molecule is COc1ccc([C@@H]2C(C(O)CCc3ccccc3)C(=O)N2c2ccccc2)cc1. The summed E-state index contributed by atoms with van der Waals surface area (Å²) < 4.78 is 5.27. The second-order valence-corrected chi connectivity index (χ2v) is 7.38. The van der Waals surface area contributed by atoms with Crippen LogP contribution < -0.4 is 9.64 Å². The molecule has 1 aliphatic rings. The molecule has 1 heterocycles. The van der Waals surface area contributed by atoms with Crippen LogP contribution in [0.2, 0.25) is 0 Å². The smallest absolute Gasteiger partial charge is 0.235 e. The molecular weight excluding hydrogens is 362 g/mol. The molecule has 3 aromatic carbocycles. The van der Waals surface area contributed by atoms with Crippen molar-refractivity contribution in [2.75, 3.05) is 12.0 Å². The van der Waals surface area contributed by atoms with E-state index in [-0.39, 0.29) is 11.9 Å². The number of aliphatic hydroxyl groups is 1. The minimum atomic E-state index is -0.699. The first kappa shape index (κ1) is 19.2. The van der Waals surface area contributed by atoms with Gasteiger partial charge in [-0.05, 0) is 48.2 Å². The second kappa shape index (κ2) is 8.50. The monoisotopic (exact) mass is 387 g/mol. The van der Waals surface area contributed by atoms with Crippen molar-refractivity contribution in [2.24, 2.45) is 5.92 Å². The number of aliphatic hydroxyl groups excluding tert-OH is 1. The number of β-lactam (4-membered cyclic amide) rings is 1. The van der Waals surface area contributed by atoms with Gasteiger partial charge in [-0.3, -0.25) is 4.79 Å². The highest BCUT2D eigenvalue weighted by Crippen LogP contribution is 2.46. The third-order valence-electron chi connectivity index (χ3n) is 5.62. The van der Waals surface area contributed by atoms with Crippen molar-refractivity contribution in [3.05, 3.63) is 96.1 Å². The first-order chi connectivity index (χ1) is 14.2. The van der Waals surface area contributed by atoms with E-state index in [9.17, 15) is 9.90 Å². The van der Waals surface area contributed by atoms with Gasteiger partial charge in [0, 0.05) is 5.69 Å². The molecular formula is C25H25NO3. The molecule has 0 aromatic heterocycles. The van der Waals surface area contributed by atoms with Crippen LogP contribution in [0.1, 0.15) is 23.6 Å². The molecule has 0 aliphatic carbocycles. The van der Waals surface area contributed by atoms with Gasteiger partial charge < -0.3 is 14.7 Å². The second-order valence-electron chi connectivity index (χ2n) is 7.38. The van der Waals surface area contributed by atoms with Gasteiger partial charge in [-0.15, -0.1) is 0 Å². The van der Waals surface area contributed by atoms with Gasteiger partial charge >= 0.3 is 0 Å². The largest absolute Gasteiger partial charge is 0.497 e. The van der Waals surface area contributed by atoms with Gasteiger partial charge in [0.15, 0.2) is 0 Å². The van der Waals surface area contributed by atoms with E-state index in [2.05, 4.69) is 0 Å². The van der Waals surface area contributed by atoms with Crippen LogP contribution in [0, 0.1) is 5.92 Å². The van der Waals surface area contributed by atoms with Crippen molar-refractivity contribution in [3.63, 3.8) is 0 Å². The number of rotatable bonds is 7. The zero-order chi connectivity index (χ0) is 20.2. The number of carbonyl (C=O) groups excluding carboxylic acids is 1. The van der Waals surface area contributed by atoms with Gasteiger partial charge in [0.1, 0.15) is 5.75 Å². The zero-order valence-electron chi connectivity index (χ0n) is 16.4. The standard InChI is InChI=1S/C25H25NO3/c1-29-21-15-13-19(14-16-21)24-23(22(27)17-12-18-8-4-2-5-9-18)25(28)26(24)20-10-6-3-7-11-20/h2-11,13-16,22-24,27H,12,17H2,1H3/t22?,23?,24-/m1/s1. The molecule has 2 unspecified atom stereocenters. The summed E-state index contributed by atoms with van der Waals surface area (Å²) in [5.74, 6) is 0.289. The van der Waals surface area contributed by atoms with Crippen molar-refractivity contribution in [1.29, 1.82) is 0 Å². The summed E-state index contributed by atoms with van der Waals surface area (Å²) >= 11 is 0. The van der Waals surface area contributed by atoms with Crippen LogP contribution in [0.3, 0.4) is 0 Å². The summed E-state index contributed by atoms with van der Waals surface area (Å²) in [6, 6.07) is 27.3. The number of anilines is 1. The number of ether oxygens (including phenoxy) is 1. The van der Waals surface area contributed by atoms with Crippen molar-refractivity contribution < 1.29 is 14.6 Å². The first-order valence-corrected chi connectivity index (χ1v) is 9.93. The molecule has 4 nitrogen and oxygen atoms in total.